The van der Waals surface area contributed by atoms with Gasteiger partial charge in [-0.25, -0.2) is 0 Å². The van der Waals surface area contributed by atoms with E-state index in [2.05, 4.69) is 38.6 Å². The van der Waals surface area contributed by atoms with Gasteiger partial charge in [0.05, 0.1) is 0 Å². The van der Waals surface area contributed by atoms with Crippen molar-refractivity contribution in [3.05, 3.63) is 42.1 Å². The molecule has 1 heteroatoms. The van der Waals surface area contributed by atoms with Gasteiger partial charge in [0.25, 0.3) is 0 Å². The number of aryl methyl sites for hydroxylation is 2. The summed E-state index contributed by atoms with van der Waals surface area (Å²) in [6.07, 6.45) is 1.83. The summed E-state index contributed by atoms with van der Waals surface area (Å²) in [6, 6.07) is 6.30. The van der Waals surface area contributed by atoms with Crippen LogP contribution in [0.3, 0.4) is 0 Å². The monoisotopic (exact) mass is 161 g/mol. The topological polar surface area (TPSA) is 3.24 Å². The van der Waals surface area contributed by atoms with Gasteiger partial charge in [0, 0.05) is 12.7 Å². The van der Waals surface area contributed by atoms with E-state index in [4.69, 9.17) is 0 Å². The van der Waals surface area contributed by atoms with Crippen molar-refractivity contribution in [2.75, 3.05) is 11.9 Å². The summed E-state index contributed by atoms with van der Waals surface area (Å²) in [5.74, 6) is 0. The molecule has 0 bridgehead atoms. The van der Waals surface area contributed by atoms with Gasteiger partial charge in [0.1, 0.15) is 0 Å². The van der Waals surface area contributed by atoms with Crippen molar-refractivity contribution in [1.82, 2.24) is 0 Å². The Labute approximate surface area is 74.3 Å². The second kappa shape index (κ2) is 3.44. The van der Waals surface area contributed by atoms with Gasteiger partial charge in [-0.05, 0) is 31.2 Å². The molecule has 0 aliphatic rings. The standard InChI is InChI=1S/C11H15N/c1-5-12(4)11-9(2)7-6-8-10(11)3/h5-8H,1H2,2-4H3. The molecular weight excluding hydrogens is 146 g/mol. The molecule has 0 spiro atoms. The van der Waals surface area contributed by atoms with Gasteiger partial charge in [-0.15, -0.1) is 0 Å². The van der Waals surface area contributed by atoms with E-state index in [0.717, 1.165) is 0 Å². The maximum atomic E-state index is 3.75. The SMILES string of the molecule is C=CN(C)c1c(C)cccc1C. The molecule has 0 aromatic heterocycles. The van der Waals surface area contributed by atoms with Crippen LogP contribution in [-0.2, 0) is 0 Å². The summed E-state index contributed by atoms with van der Waals surface area (Å²) >= 11 is 0. The summed E-state index contributed by atoms with van der Waals surface area (Å²) in [4.78, 5) is 2.05. The summed E-state index contributed by atoms with van der Waals surface area (Å²) in [6.45, 7) is 7.97. The zero-order chi connectivity index (χ0) is 9.14. The fourth-order valence-corrected chi connectivity index (χ4v) is 1.45. The van der Waals surface area contributed by atoms with Crippen LogP contribution in [-0.4, -0.2) is 7.05 Å². The van der Waals surface area contributed by atoms with Crippen LogP contribution in [0.2, 0.25) is 0 Å². The van der Waals surface area contributed by atoms with Crippen LogP contribution in [0.25, 0.3) is 0 Å². The Morgan fingerprint density at radius 3 is 2.17 bits per heavy atom. The molecule has 0 saturated carbocycles. The number of para-hydroxylation sites is 1. The predicted molar refractivity (Wildman–Crippen MR) is 54.5 cm³/mol. The molecule has 0 radical (unpaired) electrons. The first-order chi connectivity index (χ1) is 5.66. The quantitative estimate of drug-likeness (QED) is 0.644. The largest absolute Gasteiger partial charge is 0.351 e. The molecule has 0 heterocycles. The first-order valence-corrected chi connectivity index (χ1v) is 4.08. The highest BCUT2D eigenvalue weighted by molar-refractivity contribution is 5.59. The minimum atomic E-state index is 1.26. The lowest BCUT2D eigenvalue weighted by atomic mass is 10.1. The Kier molecular flexibility index (Phi) is 2.54. The molecule has 0 amide bonds. The van der Waals surface area contributed by atoms with E-state index in [1.54, 1.807) is 0 Å². The molecule has 0 atom stereocenters. The van der Waals surface area contributed by atoms with Gasteiger partial charge >= 0.3 is 0 Å². The van der Waals surface area contributed by atoms with Crippen LogP contribution >= 0.6 is 0 Å². The third-order valence-corrected chi connectivity index (χ3v) is 2.07. The highest BCUT2D eigenvalue weighted by Gasteiger charge is 2.03. The molecule has 1 nitrogen and oxygen atoms in total. The van der Waals surface area contributed by atoms with E-state index in [1.807, 2.05) is 18.1 Å². The summed E-state index contributed by atoms with van der Waals surface area (Å²) in [5.41, 5.74) is 3.84. The molecule has 0 saturated heterocycles. The maximum absolute atomic E-state index is 3.75. The van der Waals surface area contributed by atoms with Crippen LogP contribution in [0.5, 0.6) is 0 Å². The first-order valence-electron chi connectivity index (χ1n) is 4.08. The van der Waals surface area contributed by atoms with E-state index in [9.17, 15) is 0 Å². The van der Waals surface area contributed by atoms with Crippen LogP contribution in [0.1, 0.15) is 11.1 Å². The maximum Gasteiger partial charge on any atom is 0.0462 e. The lowest BCUT2D eigenvalue weighted by Crippen LogP contribution is -2.10. The van der Waals surface area contributed by atoms with Gasteiger partial charge in [0.15, 0.2) is 0 Å². The zero-order valence-electron chi connectivity index (χ0n) is 7.96. The third kappa shape index (κ3) is 1.50. The molecule has 0 aliphatic carbocycles. The average molecular weight is 161 g/mol. The van der Waals surface area contributed by atoms with E-state index in [1.165, 1.54) is 16.8 Å². The number of hydrogen-bond donors (Lipinski definition) is 0. The molecule has 0 fully saturated rings. The van der Waals surface area contributed by atoms with E-state index in [0.29, 0.717) is 0 Å². The highest BCUT2D eigenvalue weighted by atomic mass is 15.1. The van der Waals surface area contributed by atoms with Gasteiger partial charge in [-0.1, -0.05) is 24.8 Å². The van der Waals surface area contributed by atoms with Gasteiger partial charge in [0.2, 0.25) is 0 Å². The third-order valence-electron chi connectivity index (χ3n) is 2.07. The molecular formula is C11H15N. The van der Waals surface area contributed by atoms with Crippen LogP contribution < -0.4 is 4.90 Å². The van der Waals surface area contributed by atoms with Gasteiger partial charge in [-0.2, -0.15) is 0 Å². The van der Waals surface area contributed by atoms with Crippen molar-refractivity contribution in [2.45, 2.75) is 13.8 Å². The van der Waals surface area contributed by atoms with Crippen LogP contribution in [0.15, 0.2) is 31.0 Å². The molecule has 1 aromatic carbocycles. The Hall–Kier alpha value is -1.24. The number of rotatable bonds is 2. The fourth-order valence-electron chi connectivity index (χ4n) is 1.45. The number of hydrogen-bond acceptors (Lipinski definition) is 1. The normalized spacial score (nSPS) is 9.58. The van der Waals surface area contributed by atoms with Crippen molar-refractivity contribution in [3.63, 3.8) is 0 Å². The molecule has 12 heavy (non-hydrogen) atoms. The first kappa shape index (κ1) is 8.85. The van der Waals surface area contributed by atoms with Crippen molar-refractivity contribution >= 4 is 5.69 Å². The molecule has 64 valence electrons. The molecule has 0 N–H and O–H groups in total. The number of benzene rings is 1. The summed E-state index contributed by atoms with van der Waals surface area (Å²) < 4.78 is 0. The Morgan fingerprint density at radius 2 is 1.75 bits per heavy atom. The average Bonchev–Trinajstić information content (AvgIpc) is 2.03. The van der Waals surface area contributed by atoms with E-state index >= 15 is 0 Å². The number of anilines is 1. The summed E-state index contributed by atoms with van der Waals surface area (Å²) in [5, 5.41) is 0. The van der Waals surface area contributed by atoms with Crippen LogP contribution in [0, 0.1) is 13.8 Å². The predicted octanol–water partition coefficient (Wildman–Crippen LogP) is 2.88. The second-order valence-corrected chi connectivity index (χ2v) is 3.03. The molecule has 1 aromatic rings. The van der Waals surface area contributed by atoms with E-state index < -0.39 is 0 Å². The van der Waals surface area contributed by atoms with Crippen molar-refractivity contribution in [1.29, 1.82) is 0 Å². The Morgan fingerprint density at radius 1 is 1.25 bits per heavy atom. The minimum Gasteiger partial charge on any atom is -0.351 e. The highest BCUT2D eigenvalue weighted by Crippen LogP contribution is 2.22. The second-order valence-electron chi connectivity index (χ2n) is 3.03. The van der Waals surface area contributed by atoms with Gasteiger partial charge < -0.3 is 4.90 Å². The van der Waals surface area contributed by atoms with Crippen molar-refractivity contribution < 1.29 is 0 Å². The Bertz CT molecular complexity index is 269. The zero-order valence-corrected chi connectivity index (χ0v) is 7.96. The number of nitrogens with zero attached hydrogens (tertiary/aromatic N) is 1. The molecule has 0 aliphatic heterocycles. The molecule has 0 unspecified atom stereocenters. The lowest BCUT2D eigenvalue weighted by molar-refractivity contribution is 1.16. The van der Waals surface area contributed by atoms with E-state index in [-0.39, 0.29) is 0 Å². The van der Waals surface area contributed by atoms with Gasteiger partial charge in [-0.3, -0.25) is 0 Å². The Balaban J connectivity index is 3.20. The minimum absolute atomic E-state index is 1.26. The lowest BCUT2D eigenvalue weighted by Gasteiger charge is -2.18. The molecule has 1 rings (SSSR count). The van der Waals surface area contributed by atoms with Crippen molar-refractivity contribution in [2.24, 2.45) is 0 Å². The van der Waals surface area contributed by atoms with Crippen molar-refractivity contribution in [3.8, 4) is 0 Å². The van der Waals surface area contributed by atoms with Crippen LogP contribution in [0.4, 0.5) is 5.69 Å². The summed E-state index contributed by atoms with van der Waals surface area (Å²) in [7, 11) is 2.02. The fraction of sp³-hybridized carbons (Fsp3) is 0.273. The smallest absolute Gasteiger partial charge is 0.0462 e.